The summed E-state index contributed by atoms with van der Waals surface area (Å²) in [5.41, 5.74) is 1.36. The zero-order valence-corrected chi connectivity index (χ0v) is 14.7. The standard InChI is InChI=1S/C16H28N2S2/c1-4-8-17-11-15-13(10-12(2)3)18-16(20-15)14-7-5-6-9-19-14/h12,14,17H,4-11H2,1-3H3. The van der Waals surface area contributed by atoms with E-state index >= 15 is 0 Å². The number of nitrogens with zero attached hydrogens (tertiary/aromatic N) is 1. The van der Waals surface area contributed by atoms with Gasteiger partial charge in [0.05, 0.1) is 10.9 Å². The Hall–Kier alpha value is -0.0600. The van der Waals surface area contributed by atoms with Gasteiger partial charge in [-0.3, -0.25) is 0 Å². The first-order chi connectivity index (χ1) is 9.70. The van der Waals surface area contributed by atoms with Crippen molar-refractivity contribution in [1.82, 2.24) is 10.3 Å². The highest BCUT2D eigenvalue weighted by atomic mass is 32.2. The van der Waals surface area contributed by atoms with Crippen LogP contribution in [0.25, 0.3) is 0 Å². The molecule has 0 radical (unpaired) electrons. The molecule has 1 N–H and O–H groups in total. The van der Waals surface area contributed by atoms with Gasteiger partial charge in [0.1, 0.15) is 5.01 Å². The predicted octanol–water partition coefficient (Wildman–Crippen LogP) is 4.80. The molecule has 0 amide bonds. The molecule has 1 fully saturated rings. The van der Waals surface area contributed by atoms with Gasteiger partial charge < -0.3 is 5.32 Å². The van der Waals surface area contributed by atoms with E-state index in [1.807, 2.05) is 11.3 Å². The molecule has 1 aromatic heterocycles. The third-order valence-corrected chi connectivity index (χ3v) is 6.31. The lowest BCUT2D eigenvalue weighted by atomic mass is 10.1. The van der Waals surface area contributed by atoms with E-state index in [0.717, 1.165) is 19.5 Å². The fourth-order valence-corrected chi connectivity index (χ4v) is 5.15. The zero-order chi connectivity index (χ0) is 14.4. The number of rotatable bonds is 7. The van der Waals surface area contributed by atoms with Gasteiger partial charge in [0.15, 0.2) is 0 Å². The lowest BCUT2D eigenvalue weighted by molar-refractivity contribution is 0.619. The van der Waals surface area contributed by atoms with E-state index in [1.54, 1.807) is 0 Å². The van der Waals surface area contributed by atoms with Crippen molar-refractivity contribution in [2.45, 2.75) is 64.7 Å². The van der Waals surface area contributed by atoms with Crippen molar-refractivity contribution in [2.24, 2.45) is 5.92 Å². The summed E-state index contributed by atoms with van der Waals surface area (Å²) in [5, 5.41) is 5.60. The molecule has 2 heterocycles. The van der Waals surface area contributed by atoms with Crippen molar-refractivity contribution in [3.63, 3.8) is 0 Å². The van der Waals surface area contributed by atoms with E-state index in [4.69, 9.17) is 4.98 Å². The van der Waals surface area contributed by atoms with Gasteiger partial charge in [0, 0.05) is 11.4 Å². The maximum Gasteiger partial charge on any atom is 0.106 e. The summed E-state index contributed by atoms with van der Waals surface area (Å²) in [6.45, 7) is 8.91. The molecule has 0 saturated carbocycles. The normalized spacial score (nSPS) is 19.7. The maximum absolute atomic E-state index is 5.01. The Labute approximate surface area is 132 Å². The highest BCUT2D eigenvalue weighted by Gasteiger charge is 2.22. The Morgan fingerprint density at radius 2 is 2.20 bits per heavy atom. The van der Waals surface area contributed by atoms with Crippen LogP contribution in [0, 0.1) is 5.92 Å². The van der Waals surface area contributed by atoms with E-state index in [2.05, 4.69) is 37.8 Å². The molecular weight excluding hydrogens is 284 g/mol. The van der Waals surface area contributed by atoms with Crippen molar-refractivity contribution in [3.05, 3.63) is 15.6 Å². The number of thioether (sulfide) groups is 1. The lowest BCUT2D eigenvalue weighted by Crippen LogP contribution is -2.14. The monoisotopic (exact) mass is 312 g/mol. The average Bonchev–Trinajstić information content (AvgIpc) is 2.83. The summed E-state index contributed by atoms with van der Waals surface area (Å²) < 4.78 is 0. The molecule has 2 nitrogen and oxygen atoms in total. The molecule has 1 aliphatic rings. The fraction of sp³-hybridized carbons (Fsp3) is 0.812. The molecule has 0 aliphatic carbocycles. The minimum atomic E-state index is 0.666. The third kappa shape index (κ3) is 4.74. The van der Waals surface area contributed by atoms with Crippen LogP contribution in [0.5, 0.6) is 0 Å². The third-order valence-electron chi connectivity index (χ3n) is 3.56. The Morgan fingerprint density at radius 1 is 1.35 bits per heavy atom. The van der Waals surface area contributed by atoms with E-state index < -0.39 is 0 Å². The van der Waals surface area contributed by atoms with Crippen molar-refractivity contribution < 1.29 is 0 Å². The van der Waals surface area contributed by atoms with Gasteiger partial charge in [-0.1, -0.05) is 27.2 Å². The van der Waals surface area contributed by atoms with E-state index in [-0.39, 0.29) is 0 Å². The second-order valence-electron chi connectivity index (χ2n) is 6.05. The first-order valence-electron chi connectivity index (χ1n) is 8.01. The smallest absolute Gasteiger partial charge is 0.106 e. The van der Waals surface area contributed by atoms with Crippen LogP contribution >= 0.6 is 23.1 Å². The van der Waals surface area contributed by atoms with Crippen LogP contribution in [0.2, 0.25) is 0 Å². The second kappa shape index (κ2) is 8.40. The quantitative estimate of drug-likeness (QED) is 0.732. The van der Waals surface area contributed by atoms with Crippen molar-refractivity contribution >= 4 is 23.1 Å². The summed E-state index contributed by atoms with van der Waals surface area (Å²) >= 11 is 4.08. The van der Waals surface area contributed by atoms with Gasteiger partial charge in [0.2, 0.25) is 0 Å². The van der Waals surface area contributed by atoms with E-state index in [9.17, 15) is 0 Å². The Bertz CT molecular complexity index is 395. The molecule has 1 atom stereocenters. The summed E-state index contributed by atoms with van der Waals surface area (Å²) in [5.74, 6) is 2.00. The largest absolute Gasteiger partial charge is 0.312 e. The highest BCUT2D eigenvalue weighted by Crippen LogP contribution is 2.41. The van der Waals surface area contributed by atoms with Crippen LogP contribution in [-0.4, -0.2) is 17.3 Å². The first kappa shape index (κ1) is 16.3. The molecule has 2 rings (SSSR count). The molecule has 1 aliphatic heterocycles. The molecule has 1 aromatic rings. The molecule has 0 bridgehead atoms. The number of aromatic nitrogens is 1. The van der Waals surface area contributed by atoms with Gasteiger partial charge in [-0.15, -0.1) is 11.3 Å². The topological polar surface area (TPSA) is 24.9 Å². The molecule has 1 saturated heterocycles. The summed E-state index contributed by atoms with van der Waals surface area (Å²) in [6.07, 6.45) is 6.40. The minimum Gasteiger partial charge on any atom is -0.312 e. The number of thiazole rings is 1. The van der Waals surface area contributed by atoms with Gasteiger partial charge in [-0.05, 0) is 43.9 Å². The zero-order valence-electron chi connectivity index (χ0n) is 13.1. The second-order valence-corrected chi connectivity index (χ2v) is 8.48. The van der Waals surface area contributed by atoms with Gasteiger partial charge in [0.25, 0.3) is 0 Å². The van der Waals surface area contributed by atoms with Crippen molar-refractivity contribution in [2.75, 3.05) is 12.3 Å². The van der Waals surface area contributed by atoms with Crippen LogP contribution in [0.15, 0.2) is 0 Å². The lowest BCUT2D eigenvalue weighted by Gasteiger charge is -2.18. The Kier molecular flexibility index (Phi) is 6.85. The van der Waals surface area contributed by atoms with Gasteiger partial charge >= 0.3 is 0 Å². The van der Waals surface area contributed by atoms with Crippen LogP contribution < -0.4 is 5.32 Å². The predicted molar refractivity (Wildman–Crippen MR) is 91.7 cm³/mol. The molecule has 0 spiro atoms. The van der Waals surface area contributed by atoms with Crippen LogP contribution in [0.3, 0.4) is 0 Å². The summed E-state index contributed by atoms with van der Waals surface area (Å²) in [7, 11) is 0. The molecule has 4 heteroatoms. The maximum atomic E-state index is 5.01. The Morgan fingerprint density at radius 3 is 2.85 bits per heavy atom. The van der Waals surface area contributed by atoms with E-state index in [0.29, 0.717) is 11.2 Å². The van der Waals surface area contributed by atoms with Crippen LogP contribution in [-0.2, 0) is 13.0 Å². The number of nitrogens with one attached hydrogen (secondary N) is 1. The molecule has 114 valence electrons. The number of hydrogen-bond acceptors (Lipinski definition) is 4. The Balaban J connectivity index is 2.08. The fourth-order valence-electron chi connectivity index (χ4n) is 2.54. The van der Waals surface area contributed by atoms with Crippen LogP contribution in [0.4, 0.5) is 0 Å². The van der Waals surface area contributed by atoms with Gasteiger partial charge in [-0.25, -0.2) is 4.98 Å². The molecule has 0 aromatic carbocycles. The number of hydrogen-bond donors (Lipinski definition) is 1. The SMILES string of the molecule is CCCNCc1sc(C2CCCCS2)nc1CC(C)C. The summed E-state index contributed by atoms with van der Waals surface area (Å²) in [6, 6.07) is 0. The molecule has 20 heavy (non-hydrogen) atoms. The van der Waals surface area contributed by atoms with Crippen LogP contribution in [0.1, 0.15) is 67.3 Å². The minimum absolute atomic E-state index is 0.666. The molecular formula is C16H28N2S2. The van der Waals surface area contributed by atoms with Crippen molar-refractivity contribution in [1.29, 1.82) is 0 Å². The van der Waals surface area contributed by atoms with Crippen molar-refractivity contribution in [3.8, 4) is 0 Å². The summed E-state index contributed by atoms with van der Waals surface area (Å²) in [4.78, 5) is 6.49. The van der Waals surface area contributed by atoms with Gasteiger partial charge in [-0.2, -0.15) is 11.8 Å². The molecule has 1 unspecified atom stereocenters. The highest BCUT2D eigenvalue weighted by molar-refractivity contribution is 7.99. The average molecular weight is 313 g/mol. The van der Waals surface area contributed by atoms with E-state index in [1.165, 1.54) is 47.0 Å². The first-order valence-corrected chi connectivity index (χ1v) is 9.88.